The summed E-state index contributed by atoms with van der Waals surface area (Å²) in [6.45, 7) is 6.78. The Hall–Kier alpha value is -5.48. The highest BCUT2D eigenvalue weighted by Crippen LogP contribution is 2.40. The number of rotatable bonds is 2. The van der Waals surface area contributed by atoms with Gasteiger partial charge in [-0.3, -0.25) is 8.97 Å². The first-order valence-electron chi connectivity index (χ1n) is 15.2. The Labute approximate surface area is 254 Å². The largest absolute Gasteiger partial charge is 0.279 e. The van der Waals surface area contributed by atoms with Gasteiger partial charge in [0, 0.05) is 16.2 Å². The predicted octanol–water partition coefficient (Wildman–Crippen LogP) is 10.3. The van der Waals surface area contributed by atoms with E-state index in [0.29, 0.717) is 0 Å². The van der Waals surface area contributed by atoms with Gasteiger partial charge in [-0.25, -0.2) is 9.97 Å². The molecule has 0 aliphatic rings. The fourth-order valence-electron chi connectivity index (χ4n) is 6.83. The molecule has 0 fully saturated rings. The molecule has 3 heterocycles. The zero-order chi connectivity index (χ0) is 29.6. The Bertz CT molecular complexity index is 2580. The molecule has 0 aliphatic carbocycles. The number of fused-ring (bicyclic) bond motifs is 10. The van der Waals surface area contributed by atoms with E-state index in [2.05, 4.69) is 151 Å². The van der Waals surface area contributed by atoms with Crippen LogP contribution in [-0.4, -0.2) is 18.9 Å². The lowest BCUT2D eigenvalue weighted by atomic mass is 9.86. The monoisotopic (exact) mass is 566 g/mol. The smallest absolute Gasteiger partial charge is 0.221 e. The van der Waals surface area contributed by atoms with Gasteiger partial charge in [-0.05, 0) is 75.3 Å². The molecule has 3 aromatic heterocycles. The van der Waals surface area contributed by atoms with Crippen LogP contribution >= 0.6 is 0 Å². The van der Waals surface area contributed by atoms with Gasteiger partial charge in [0.2, 0.25) is 5.95 Å². The molecule has 210 valence electrons. The van der Waals surface area contributed by atoms with Crippen molar-refractivity contribution in [3.05, 3.63) is 133 Å². The second kappa shape index (κ2) is 9.01. The summed E-state index contributed by atoms with van der Waals surface area (Å²) in [5, 5.41) is 5.95. The SMILES string of the molecule is CC(C)(C)c1ccc(-c2ccc3c(c2)c2c4ccccc4ccc2n3-c2nc3ccccc3c3nc4ccccc4n23)cc1. The van der Waals surface area contributed by atoms with Gasteiger partial charge < -0.3 is 0 Å². The van der Waals surface area contributed by atoms with Crippen LogP contribution in [0.4, 0.5) is 0 Å². The van der Waals surface area contributed by atoms with Crippen LogP contribution in [-0.2, 0) is 5.41 Å². The number of hydrogen-bond donors (Lipinski definition) is 0. The molecule has 44 heavy (non-hydrogen) atoms. The van der Waals surface area contributed by atoms with Gasteiger partial charge in [0.15, 0.2) is 0 Å². The van der Waals surface area contributed by atoms with E-state index in [0.717, 1.165) is 44.6 Å². The Morgan fingerprint density at radius 3 is 2.02 bits per heavy atom. The number of nitrogens with zero attached hydrogens (tertiary/aromatic N) is 4. The molecule has 0 aliphatic heterocycles. The molecule has 0 unspecified atom stereocenters. The van der Waals surface area contributed by atoms with Crippen molar-refractivity contribution < 1.29 is 0 Å². The first-order valence-corrected chi connectivity index (χ1v) is 15.2. The average Bonchev–Trinajstić information content (AvgIpc) is 3.60. The molecule has 9 rings (SSSR count). The maximum Gasteiger partial charge on any atom is 0.221 e. The number of benzene rings is 6. The number of imidazole rings is 1. The maximum atomic E-state index is 5.35. The van der Waals surface area contributed by atoms with Crippen LogP contribution in [0.3, 0.4) is 0 Å². The topological polar surface area (TPSA) is 35.1 Å². The Balaban J connectivity index is 1.42. The van der Waals surface area contributed by atoms with Gasteiger partial charge in [-0.15, -0.1) is 0 Å². The summed E-state index contributed by atoms with van der Waals surface area (Å²) in [5.74, 6) is 0.838. The van der Waals surface area contributed by atoms with E-state index >= 15 is 0 Å². The van der Waals surface area contributed by atoms with Gasteiger partial charge in [-0.2, -0.15) is 0 Å². The first kappa shape index (κ1) is 25.1. The second-order valence-electron chi connectivity index (χ2n) is 12.8. The standard InChI is InChI=1S/C40H30N4/c1-40(2,3)28-20-16-25(17-21-28)27-19-22-34-31(24-27)37-29-11-5-4-10-26(29)18-23-36(37)43(34)39-42-32-13-7-6-12-30(32)38-41-33-14-8-9-15-35(33)44(38)39/h4-24H,1-3H3. The molecule has 0 saturated carbocycles. The lowest BCUT2D eigenvalue weighted by molar-refractivity contribution is 0.590. The average molecular weight is 567 g/mol. The lowest BCUT2D eigenvalue weighted by Crippen LogP contribution is -2.10. The molecule has 0 spiro atoms. The third kappa shape index (κ3) is 3.58. The van der Waals surface area contributed by atoms with Crippen LogP contribution in [0, 0.1) is 0 Å². The fourth-order valence-corrected chi connectivity index (χ4v) is 6.83. The molecule has 0 saturated heterocycles. The molecule has 4 nitrogen and oxygen atoms in total. The van der Waals surface area contributed by atoms with E-state index in [-0.39, 0.29) is 5.41 Å². The molecule has 9 aromatic rings. The van der Waals surface area contributed by atoms with Crippen LogP contribution in [0.1, 0.15) is 26.3 Å². The van der Waals surface area contributed by atoms with E-state index in [9.17, 15) is 0 Å². The van der Waals surface area contributed by atoms with Crippen molar-refractivity contribution in [2.45, 2.75) is 26.2 Å². The summed E-state index contributed by atoms with van der Waals surface area (Å²) in [5.41, 5.74) is 9.96. The maximum absolute atomic E-state index is 5.35. The van der Waals surface area contributed by atoms with Crippen LogP contribution in [0.15, 0.2) is 127 Å². The summed E-state index contributed by atoms with van der Waals surface area (Å²) in [4.78, 5) is 10.5. The quantitative estimate of drug-likeness (QED) is 0.209. The molecule has 6 aromatic carbocycles. The second-order valence-corrected chi connectivity index (χ2v) is 12.8. The summed E-state index contributed by atoms with van der Waals surface area (Å²) < 4.78 is 4.56. The number of para-hydroxylation sites is 3. The van der Waals surface area contributed by atoms with Gasteiger partial charge in [0.05, 0.1) is 27.6 Å². The van der Waals surface area contributed by atoms with E-state index < -0.39 is 0 Å². The molecule has 0 N–H and O–H groups in total. The zero-order valence-electron chi connectivity index (χ0n) is 24.9. The van der Waals surface area contributed by atoms with E-state index in [1.54, 1.807) is 0 Å². The Morgan fingerprint density at radius 2 is 1.20 bits per heavy atom. The highest BCUT2D eigenvalue weighted by molar-refractivity contribution is 6.22. The molecule has 0 bridgehead atoms. The normalized spacial score (nSPS) is 12.4. The highest BCUT2D eigenvalue weighted by Gasteiger charge is 2.21. The van der Waals surface area contributed by atoms with Gasteiger partial charge in [0.25, 0.3) is 0 Å². The van der Waals surface area contributed by atoms with Crippen molar-refractivity contribution >= 4 is 60.2 Å². The minimum atomic E-state index is 0.116. The summed E-state index contributed by atoms with van der Waals surface area (Å²) in [6.07, 6.45) is 0. The van der Waals surface area contributed by atoms with Crippen LogP contribution in [0.5, 0.6) is 0 Å². The first-order chi connectivity index (χ1) is 21.5. The van der Waals surface area contributed by atoms with E-state index in [1.165, 1.54) is 38.2 Å². The van der Waals surface area contributed by atoms with Gasteiger partial charge >= 0.3 is 0 Å². The van der Waals surface area contributed by atoms with Crippen LogP contribution in [0.2, 0.25) is 0 Å². The van der Waals surface area contributed by atoms with Gasteiger partial charge in [-0.1, -0.05) is 106 Å². The van der Waals surface area contributed by atoms with Crippen LogP contribution < -0.4 is 0 Å². The predicted molar refractivity (Wildman–Crippen MR) is 184 cm³/mol. The van der Waals surface area contributed by atoms with Crippen molar-refractivity contribution in [3.63, 3.8) is 0 Å². The molecule has 4 heteroatoms. The van der Waals surface area contributed by atoms with Crippen molar-refractivity contribution in [1.82, 2.24) is 18.9 Å². The lowest BCUT2D eigenvalue weighted by Gasteiger charge is -2.19. The number of hydrogen-bond acceptors (Lipinski definition) is 2. The molecule has 0 amide bonds. The summed E-state index contributed by atoms with van der Waals surface area (Å²) in [7, 11) is 0. The van der Waals surface area contributed by atoms with Crippen molar-refractivity contribution in [2.75, 3.05) is 0 Å². The molecular weight excluding hydrogens is 536 g/mol. The van der Waals surface area contributed by atoms with Gasteiger partial charge in [0.1, 0.15) is 5.65 Å². The highest BCUT2D eigenvalue weighted by atomic mass is 15.2. The minimum absolute atomic E-state index is 0.116. The third-order valence-electron chi connectivity index (χ3n) is 9.07. The Morgan fingerprint density at radius 1 is 0.523 bits per heavy atom. The summed E-state index contributed by atoms with van der Waals surface area (Å²) >= 11 is 0. The zero-order valence-corrected chi connectivity index (χ0v) is 24.9. The van der Waals surface area contributed by atoms with Crippen molar-refractivity contribution in [1.29, 1.82) is 0 Å². The van der Waals surface area contributed by atoms with E-state index in [1.807, 2.05) is 6.07 Å². The van der Waals surface area contributed by atoms with Crippen molar-refractivity contribution in [2.24, 2.45) is 0 Å². The molecule has 0 radical (unpaired) electrons. The molecule has 0 atom stereocenters. The summed E-state index contributed by atoms with van der Waals surface area (Å²) in [6, 6.07) is 45.7. The Kier molecular flexibility index (Phi) is 5.13. The van der Waals surface area contributed by atoms with Crippen LogP contribution in [0.25, 0.3) is 77.2 Å². The van der Waals surface area contributed by atoms with E-state index in [4.69, 9.17) is 9.97 Å². The minimum Gasteiger partial charge on any atom is -0.279 e. The molecular formula is C40H30N4. The van der Waals surface area contributed by atoms with Crippen molar-refractivity contribution in [3.8, 4) is 17.1 Å². The number of aromatic nitrogens is 4. The fraction of sp³-hybridized carbons (Fsp3) is 0.100. The third-order valence-corrected chi connectivity index (χ3v) is 9.07.